The molecule has 1 unspecified atom stereocenters. The number of carbonyl (C=O) groups is 1. The largest absolute Gasteiger partial charge is 0.393 e. The Hall–Kier alpha value is -1.62. The molecular formula is C19H27N3O2. The first-order valence-electron chi connectivity index (χ1n) is 9.33. The Morgan fingerprint density at radius 1 is 1.12 bits per heavy atom. The maximum Gasteiger partial charge on any atom is 0.230 e. The van der Waals surface area contributed by atoms with Gasteiger partial charge >= 0.3 is 0 Å². The zero-order chi connectivity index (χ0) is 16.6. The standard InChI is InChI=1S/C19H27N3O2/c23-16-7-5-15(6-8-16)22-13-10-19(18(22)24)9-3-12-21(14-19)17-4-1-2-11-20-17/h1-2,4,11,15-16,23H,3,5-10,12-14H2. The first kappa shape index (κ1) is 15.9. The number of hydrogen-bond donors (Lipinski definition) is 1. The van der Waals surface area contributed by atoms with E-state index in [0.717, 1.165) is 70.4 Å². The van der Waals surface area contributed by atoms with Crippen molar-refractivity contribution in [2.24, 2.45) is 5.41 Å². The molecule has 1 spiro atoms. The van der Waals surface area contributed by atoms with Crippen LogP contribution in [-0.2, 0) is 4.79 Å². The summed E-state index contributed by atoms with van der Waals surface area (Å²) >= 11 is 0. The number of piperidine rings is 1. The van der Waals surface area contributed by atoms with Gasteiger partial charge in [-0.15, -0.1) is 0 Å². The van der Waals surface area contributed by atoms with Gasteiger partial charge in [0.05, 0.1) is 11.5 Å². The summed E-state index contributed by atoms with van der Waals surface area (Å²) in [6.45, 7) is 2.67. The van der Waals surface area contributed by atoms with Gasteiger partial charge in [-0.1, -0.05) is 6.07 Å². The molecule has 0 aromatic carbocycles. The molecule has 3 fully saturated rings. The van der Waals surface area contributed by atoms with Crippen LogP contribution in [0.2, 0.25) is 0 Å². The average molecular weight is 329 g/mol. The van der Waals surface area contributed by atoms with Crippen LogP contribution in [0.5, 0.6) is 0 Å². The number of carbonyl (C=O) groups excluding carboxylic acids is 1. The normalized spacial score (nSPS) is 34.1. The fourth-order valence-corrected chi connectivity index (χ4v) is 4.81. The Bertz CT molecular complexity index is 586. The number of pyridine rings is 1. The molecule has 0 bridgehead atoms. The van der Waals surface area contributed by atoms with Crippen LogP contribution in [0.25, 0.3) is 0 Å². The van der Waals surface area contributed by atoms with E-state index in [9.17, 15) is 9.90 Å². The molecule has 1 N–H and O–H groups in total. The minimum atomic E-state index is -0.216. The van der Waals surface area contributed by atoms with E-state index in [1.165, 1.54) is 0 Å². The van der Waals surface area contributed by atoms with Crippen LogP contribution in [-0.4, -0.2) is 52.7 Å². The van der Waals surface area contributed by atoms with Crippen molar-refractivity contribution in [1.29, 1.82) is 0 Å². The predicted octanol–water partition coefficient (Wildman–Crippen LogP) is 2.20. The fourth-order valence-electron chi connectivity index (χ4n) is 4.81. The summed E-state index contributed by atoms with van der Waals surface area (Å²) in [5.74, 6) is 1.34. The minimum Gasteiger partial charge on any atom is -0.393 e. The van der Waals surface area contributed by atoms with E-state index in [-0.39, 0.29) is 11.5 Å². The van der Waals surface area contributed by atoms with Crippen molar-refractivity contribution in [1.82, 2.24) is 9.88 Å². The molecule has 24 heavy (non-hydrogen) atoms. The lowest BCUT2D eigenvalue weighted by molar-refractivity contribution is -0.139. The van der Waals surface area contributed by atoms with Gasteiger partial charge in [0.2, 0.25) is 5.91 Å². The van der Waals surface area contributed by atoms with E-state index in [2.05, 4.69) is 14.8 Å². The molecule has 1 saturated carbocycles. The second kappa shape index (κ2) is 6.36. The molecule has 5 nitrogen and oxygen atoms in total. The molecule has 130 valence electrons. The Kier molecular flexibility index (Phi) is 4.21. The van der Waals surface area contributed by atoms with E-state index in [1.54, 1.807) is 0 Å². The number of aliphatic hydroxyl groups excluding tert-OH is 1. The van der Waals surface area contributed by atoms with Crippen LogP contribution in [0.3, 0.4) is 0 Å². The SMILES string of the molecule is O=C1N(C2CCC(O)CC2)CCC12CCCN(c1ccccn1)C2. The van der Waals surface area contributed by atoms with Crippen molar-refractivity contribution in [3.63, 3.8) is 0 Å². The lowest BCUT2D eigenvalue weighted by atomic mass is 9.78. The molecule has 5 heteroatoms. The van der Waals surface area contributed by atoms with E-state index in [4.69, 9.17) is 0 Å². The Morgan fingerprint density at radius 3 is 2.71 bits per heavy atom. The van der Waals surface area contributed by atoms with Crippen molar-refractivity contribution in [2.75, 3.05) is 24.5 Å². The molecule has 1 amide bonds. The number of anilines is 1. The third kappa shape index (κ3) is 2.79. The second-order valence-corrected chi connectivity index (χ2v) is 7.70. The molecule has 1 aromatic heterocycles. The highest BCUT2D eigenvalue weighted by atomic mass is 16.3. The van der Waals surface area contributed by atoms with E-state index in [0.29, 0.717) is 11.9 Å². The lowest BCUT2D eigenvalue weighted by Crippen LogP contribution is -2.50. The molecule has 4 rings (SSSR count). The quantitative estimate of drug-likeness (QED) is 0.904. The third-order valence-electron chi connectivity index (χ3n) is 6.20. The number of aromatic nitrogens is 1. The van der Waals surface area contributed by atoms with Crippen LogP contribution in [0.1, 0.15) is 44.9 Å². The predicted molar refractivity (Wildman–Crippen MR) is 92.7 cm³/mol. The monoisotopic (exact) mass is 329 g/mol. The molecule has 1 aromatic rings. The van der Waals surface area contributed by atoms with Crippen molar-refractivity contribution >= 4 is 11.7 Å². The zero-order valence-electron chi connectivity index (χ0n) is 14.2. The summed E-state index contributed by atoms with van der Waals surface area (Å²) in [7, 11) is 0. The second-order valence-electron chi connectivity index (χ2n) is 7.70. The summed E-state index contributed by atoms with van der Waals surface area (Å²) < 4.78 is 0. The first-order chi connectivity index (χ1) is 11.7. The number of likely N-dealkylation sites (tertiary alicyclic amines) is 1. The van der Waals surface area contributed by atoms with Crippen LogP contribution >= 0.6 is 0 Å². The highest BCUT2D eigenvalue weighted by molar-refractivity contribution is 5.86. The zero-order valence-corrected chi connectivity index (χ0v) is 14.2. The maximum atomic E-state index is 13.3. The molecule has 2 saturated heterocycles. The number of amides is 1. The number of aliphatic hydroxyl groups is 1. The van der Waals surface area contributed by atoms with Gasteiger partial charge in [-0.3, -0.25) is 4.79 Å². The van der Waals surface area contributed by atoms with Gasteiger partial charge in [-0.05, 0) is 57.1 Å². The highest BCUT2D eigenvalue weighted by Crippen LogP contribution is 2.43. The maximum absolute atomic E-state index is 13.3. The summed E-state index contributed by atoms with van der Waals surface area (Å²) in [6, 6.07) is 6.33. The van der Waals surface area contributed by atoms with Crippen LogP contribution in [0.4, 0.5) is 5.82 Å². The number of rotatable bonds is 2. The minimum absolute atomic E-state index is 0.165. The molecule has 3 heterocycles. The van der Waals surface area contributed by atoms with Crippen LogP contribution in [0.15, 0.2) is 24.4 Å². The first-order valence-corrected chi connectivity index (χ1v) is 9.33. The van der Waals surface area contributed by atoms with Gasteiger partial charge in [0, 0.05) is 31.9 Å². The lowest BCUT2D eigenvalue weighted by Gasteiger charge is -2.41. The Balaban J connectivity index is 1.48. The Labute approximate surface area is 143 Å². The smallest absolute Gasteiger partial charge is 0.230 e. The number of nitrogens with zero attached hydrogens (tertiary/aromatic N) is 3. The molecule has 1 aliphatic carbocycles. The van der Waals surface area contributed by atoms with Crippen molar-refractivity contribution < 1.29 is 9.90 Å². The molecule has 1 atom stereocenters. The fraction of sp³-hybridized carbons (Fsp3) is 0.684. The summed E-state index contributed by atoms with van der Waals surface area (Å²) in [4.78, 5) is 22.1. The van der Waals surface area contributed by atoms with Gasteiger partial charge in [0.15, 0.2) is 0 Å². The number of hydrogen-bond acceptors (Lipinski definition) is 4. The molecule has 3 aliphatic rings. The summed E-state index contributed by atoms with van der Waals surface area (Å²) in [6.07, 6.45) is 8.26. The average Bonchev–Trinajstić information content (AvgIpc) is 2.93. The van der Waals surface area contributed by atoms with Crippen molar-refractivity contribution in [3.8, 4) is 0 Å². The van der Waals surface area contributed by atoms with Crippen molar-refractivity contribution in [2.45, 2.75) is 57.1 Å². The summed E-state index contributed by atoms with van der Waals surface area (Å²) in [5.41, 5.74) is -0.216. The van der Waals surface area contributed by atoms with Gasteiger partial charge in [-0.25, -0.2) is 4.98 Å². The van der Waals surface area contributed by atoms with Gasteiger partial charge in [0.1, 0.15) is 5.82 Å². The molecular weight excluding hydrogens is 302 g/mol. The van der Waals surface area contributed by atoms with Crippen LogP contribution < -0.4 is 4.90 Å². The van der Waals surface area contributed by atoms with E-state index in [1.807, 2.05) is 24.4 Å². The van der Waals surface area contributed by atoms with Crippen molar-refractivity contribution in [3.05, 3.63) is 24.4 Å². The Morgan fingerprint density at radius 2 is 1.96 bits per heavy atom. The topological polar surface area (TPSA) is 56.7 Å². The third-order valence-corrected chi connectivity index (χ3v) is 6.20. The van der Waals surface area contributed by atoms with Crippen LogP contribution in [0, 0.1) is 5.41 Å². The van der Waals surface area contributed by atoms with E-state index < -0.39 is 0 Å². The summed E-state index contributed by atoms with van der Waals surface area (Å²) in [5, 5.41) is 9.72. The molecule has 0 radical (unpaired) electrons. The van der Waals surface area contributed by atoms with E-state index >= 15 is 0 Å². The highest BCUT2D eigenvalue weighted by Gasteiger charge is 2.50. The van der Waals surface area contributed by atoms with Gasteiger partial charge in [-0.2, -0.15) is 0 Å². The molecule has 2 aliphatic heterocycles. The van der Waals surface area contributed by atoms with Gasteiger partial charge in [0.25, 0.3) is 0 Å². The van der Waals surface area contributed by atoms with Gasteiger partial charge < -0.3 is 14.9 Å².